The Bertz CT molecular complexity index is 867. The third-order valence-electron chi connectivity index (χ3n) is 3.76. The summed E-state index contributed by atoms with van der Waals surface area (Å²) < 4.78 is 11.1. The van der Waals surface area contributed by atoms with Gasteiger partial charge in [-0.3, -0.25) is 4.79 Å². The van der Waals surface area contributed by atoms with Crippen LogP contribution in [0, 0.1) is 0 Å². The van der Waals surface area contributed by atoms with Crippen molar-refractivity contribution in [1.82, 2.24) is 0 Å². The summed E-state index contributed by atoms with van der Waals surface area (Å²) in [6.07, 6.45) is 0. The molecule has 0 N–H and O–H groups in total. The Hall–Kier alpha value is -2.49. The number of ether oxygens (including phenoxy) is 1. The largest absolute Gasteiger partial charge is 0.497 e. The lowest BCUT2D eigenvalue weighted by molar-refractivity contribution is 0.415. The maximum Gasteiger partial charge on any atom is 0.199 e. The molecule has 1 heterocycles. The van der Waals surface area contributed by atoms with Crippen LogP contribution in [0.25, 0.3) is 21.7 Å². The molecular weight excluding hydrogens is 266 g/mol. The highest BCUT2D eigenvalue weighted by atomic mass is 16.5. The van der Waals surface area contributed by atoms with E-state index in [1.54, 1.807) is 13.2 Å². The number of hydrogen-bond donors (Lipinski definition) is 0. The molecule has 0 saturated carbocycles. The van der Waals surface area contributed by atoms with Gasteiger partial charge in [-0.05, 0) is 30.5 Å². The minimum atomic E-state index is -0.0367. The van der Waals surface area contributed by atoms with Crippen LogP contribution in [-0.2, 0) is 0 Å². The number of hydrogen-bond acceptors (Lipinski definition) is 4. The Morgan fingerprint density at radius 2 is 1.95 bits per heavy atom. The minimum absolute atomic E-state index is 0.0367. The number of anilines is 1. The van der Waals surface area contributed by atoms with Crippen LogP contribution in [0.15, 0.2) is 45.6 Å². The van der Waals surface area contributed by atoms with Gasteiger partial charge in [0.25, 0.3) is 0 Å². The minimum Gasteiger partial charge on any atom is -0.497 e. The van der Waals surface area contributed by atoms with E-state index in [-0.39, 0.29) is 5.43 Å². The van der Waals surface area contributed by atoms with Crippen molar-refractivity contribution in [2.75, 3.05) is 25.6 Å². The van der Waals surface area contributed by atoms with E-state index in [1.165, 1.54) is 0 Å². The smallest absolute Gasteiger partial charge is 0.199 e. The number of rotatable bonds is 3. The molecule has 4 nitrogen and oxygen atoms in total. The molecule has 1 aromatic heterocycles. The van der Waals surface area contributed by atoms with Gasteiger partial charge in [-0.1, -0.05) is 12.1 Å². The first kappa shape index (κ1) is 13.5. The fourth-order valence-electron chi connectivity index (χ4n) is 2.42. The van der Waals surface area contributed by atoms with Crippen LogP contribution in [0.1, 0.15) is 6.92 Å². The number of nitrogens with zero attached hydrogens (tertiary/aromatic N) is 1. The van der Waals surface area contributed by atoms with E-state index in [4.69, 9.17) is 9.15 Å². The second kappa shape index (κ2) is 5.13. The van der Waals surface area contributed by atoms with Gasteiger partial charge in [-0.2, -0.15) is 0 Å². The zero-order valence-corrected chi connectivity index (χ0v) is 12.3. The van der Waals surface area contributed by atoms with Crippen molar-refractivity contribution in [3.63, 3.8) is 0 Å². The lowest BCUT2D eigenvalue weighted by Crippen LogP contribution is -2.17. The summed E-state index contributed by atoms with van der Waals surface area (Å²) in [4.78, 5) is 14.4. The molecule has 0 spiro atoms. The predicted molar refractivity (Wildman–Crippen MR) is 85.5 cm³/mol. The summed E-state index contributed by atoms with van der Waals surface area (Å²) in [5, 5.41) is 2.44. The monoisotopic (exact) mass is 283 g/mol. The van der Waals surface area contributed by atoms with E-state index in [1.807, 2.05) is 49.2 Å². The molecule has 0 aliphatic heterocycles. The normalized spacial score (nSPS) is 11.0. The van der Waals surface area contributed by atoms with Crippen LogP contribution >= 0.6 is 0 Å². The van der Waals surface area contributed by atoms with Crippen LogP contribution < -0.4 is 15.1 Å². The summed E-state index contributed by atoms with van der Waals surface area (Å²) >= 11 is 0. The van der Waals surface area contributed by atoms with Crippen LogP contribution in [0.5, 0.6) is 5.75 Å². The SMILES string of the molecule is CCN(C)c1cc(=O)c2c(ccc3ccc(OC)cc32)o1. The van der Waals surface area contributed by atoms with Crippen molar-refractivity contribution in [2.45, 2.75) is 6.92 Å². The lowest BCUT2D eigenvalue weighted by Gasteiger charge is -2.15. The van der Waals surface area contributed by atoms with Gasteiger partial charge in [0.05, 0.1) is 12.5 Å². The van der Waals surface area contributed by atoms with Crippen molar-refractivity contribution in [1.29, 1.82) is 0 Å². The molecule has 0 amide bonds. The Balaban J connectivity index is 2.37. The van der Waals surface area contributed by atoms with E-state index >= 15 is 0 Å². The van der Waals surface area contributed by atoms with Crippen LogP contribution in [0.2, 0.25) is 0 Å². The fraction of sp³-hybridized carbons (Fsp3) is 0.235. The molecule has 0 atom stereocenters. The fourth-order valence-corrected chi connectivity index (χ4v) is 2.42. The van der Waals surface area contributed by atoms with Gasteiger partial charge in [0.1, 0.15) is 11.3 Å². The second-order valence-electron chi connectivity index (χ2n) is 4.99. The molecular formula is C17H17NO3. The van der Waals surface area contributed by atoms with E-state index < -0.39 is 0 Å². The molecule has 0 unspecified atom stereocenters. The maximum absolute atomic E-state index is 12.5. The zero-order valence-electron chi connectivity index (χ0n) is 12.3. The van der Waals surface area contributed by atoms with Crippen molar-refractivity contribution < 1.29 is 9.15 Å². The molecule has 0 bridgehead atoms. The van der Waals surface area contributed by atoms with Crippen LogP contribution in [0.4, 0.5) is 5.88 Å². The molecule has 21 heavy (non-hydrogen) atoms. The quantitative estimate of drug-likeness (QED) is 0.691. The Morgan fingerprint density at radius 3 is 2.67 bits per heavy atom. The average Bonchev–Trinajstić information content (AvgIpc) is 2.52. The Labute approximate surface area is 122 Å². The van der Waals surface area contributed by atoms with Gasteiger partial charge in [-0.25, -0.2) is 0 Å². The summed E-state index contributed by atoms with van der Waals surface area (Å²) in [5.74, 6) is 1.31. The van der Waals surface area contributed by atoms with Gasteiger partial charge in [-0.15, -0.1) is 0 Å². The number of fused-ring (bicyclic) bond motifs is 3. The third kappa shape index (κ3) is 2.23. The summed E-state index contributed by atoms with van der Waals surface area (Å²) in [6.45, 7) is 2.78. The summed E-state index contributed by atoms with van der Waals surface area (Å²) in [6, 6.07) is 11.0. The maximum atomic E-state index is 12.5. The molecule has 0 aliphatic rings. The predicted octanol–water partition coefficient (Wildman–Crippen LogP) is 3.41. The Kier molecular flexibility index (Phi) is 3.29. The van der Waals surface area contributed by atoms with Gasteiger partial charge in [0.15, 0.2) is 11.3 Å². The third-order valence-corrected chi connectivity index (χ3v) is 3.76. The highest BCUT2D eigenvalue weighted by molar-refractivity contribution is 6.06. The molecule has 0 fully saturated rings. The molecule has 0 saturated heterocycles. The molecule has 0 radical (unpaired) electrons. The van der Waals surface area contributed by atoms with Gasteiger partial charge in [0.2, 0.25) is 0 Å². The molecule has 3 rings (SSSR count). The zero-order chi connectivity index (χ0) is 15.0. The van der Waals surface area contributed by atoms with Gasteiger partial charge < -0.3 is 14.1 Å². The molecule has 108 valence electrons. The Morgan fingerprint density at radius 1 is 1.19 bits per heavy atom. The topological polar surface area (TPSA) is 42.7 Å². The van der Waals surface area contributed by atoms with E-state index in [0.717, 1.165) is 23.1 Å². The highest BCUT2D eigenvalue weighted by Crippen LogP contribution is 2.28. The number of methoxy groups -OCH3 is 1. The molecule has 4 heteroatoms. The van der Waals surface area contributed by atoms with Crippen molar-refractivity contribution in [3.05, 3.63) is 46.6 Å². The van der Waals surface area contributed by atoms with Crippen LogP contribution in [0.3, 0.4) is 0 Å². The van der Waals surface area contributed by atoms with E-state index in [2.05, 4.69) is 0 Å². The molecule has 2 aromatic carbocycles. The van der Waals surface area contributed by atoms with Gasteiger partial charge in [0, 0.05) is 25.0 Å². The highest BCUT2D eigenvalue weighted by Gasteiger charge is 2.11. The number of benzene rings is 2. The molecule has 0 aliphatic carbocycles. The molecule has 3 aromatic rings. The van der Waals surface area contributed by atoms with Gasteiger partial charge >= 0.3 is 0 Å². The first-order valence-electron chi connectivity index (χ1n) is 6.89. The first-order chi connectivity index (χ1) is 10.1. The van der Waals surface area contributed by atoms with Crippen molar-refractivity contribution in [2.24, 2.45) is 0 Å². The van der Waals surface area contributed by atoms with Crippen LogP contribution in [-0.4, -0.2) is 20.7 Å². The first-order valence-corrected chi connectivity index (χ1v) is 6.89. The lowest BCUT2D eigenvalue weighted by atomic mass is 10.1. The van der Waals surface area contributed by atoms with E-state index in [0.29, 0.717) is 16.9 Å². The van der Waals surface area contributed by atoms with Crippen molar-refractivity contribution >= 4 is 27.6 Å². The second-order valence-corrected chi connectivity index (χ2v) is 4.99. The summed E-state index contributed by atoms with van der Waals surface area (Å²) in [7, 11) is 3.51. The standard InChI is InChI=1S/C17H17NO3/c1-4-18(2)16-10-14(19)17-13-9-12(20-3)7-5-11(13)6-8-15(17)21-16/h5-10H,4H2,1-3H3. The average molecular weight is 283 g/mol. The van der Waals surface area contributed by atoms with E-state index in [9.17, 15) is 4.79 Å². The summed E-state index contributed by atoms with van der Waals surface area (Å²) in [5.41, 5.74) is 0.559. The van der Waals surface area contributed by atoms with Crippen molar-refractivity contribution in [3.8, 4) is 5.75 Å².